The van der Waals surface area contributed by atoms with Crippen LogP contribution in [0.15, 0.2) is 58.3 Å². The number of hydrogen-bond acceptors (Lipinski definition) is 3. The lowest BCUT2D eigenvalue weighted by Crippen LogP contribution is -2.32. The van der Waals surface area contributed by atoms with Crippen molar-refractivity contribution >= 4 is 22.8 Å². The SMILES string of the molecule is CCCCc1cccc([S+]([O-])c2ccc(NC(=O)C(C)N)cc2)c1. The predicted octanol–water partition coefficient (Wildman–Crippen LogP) is 3.48. The number of amides is 1. The van der Waals surface area contributed by atoms with E-state index in [9.17, 15) is 9.35 Å². The number of unbranched alkanes of at least 4 members (excludes halogenated alkanes) is 1. The zero-order valence-corrected chi connectivity index (χ0v) is 14.9. The van der Waals surface area contributed by atoms with Gasteiger partial charge in [0.15, 0.2) is 9.79 Å². The highest BCUT2D eigenvalue weighted by molar-refractivity contribution is 7.91. The van der Waals surface area contributed by atoms with Gasteiger partial charge in [-0.05, 0) is 61.7 Å². The minimum atomic E-state index is -1.23. The molecule has 0 spiro atoms. The van der Waals surface area contributed by atoms with Crippen LogP contribution in [-0.2, 0) is 22.4 Å². The summed E-state index contributed by atoms with van der Waals surface area (Å²) in [5, 5.41) is 2.72. The molecule has 4 nitrogen and oxygen atoms in total. The lowest BCUT2D eigenvalue weighted by molar-refractivity contribution is -0.117. The van der Waals surface area contributed by atoms with Gasteiger partial charge in [-0.2, -0.15) is 0 Å². The molecular formula is C19H24N2O2S. The number of rotatable bonds is 7. The van der Waals surface area contributed by atoms with Crippen molar-refractivity contribution < 1.29 is 9.35 Å². The van der Waals surface area contributed by atoms with Crippen LogP contribution >= 0.6 is 0 Å². The van der Waals surface area contributed by atoms with Crippen molar-refractivity contribution in [2.75, 3.05) is 5.32 Å². The van der Waals surface area contributed by atoms with Crippen LogP contribution in [0.5, 0.6) is 0 Å². The van der Waals surface area contributed by atoms with Gasteiger partial charge in [-0.25, -0.2) is 0 Å². The molecule has 2 rings (SSSR count). The van der Waals surface area contributed by atoms with Gasteiger partial charge in [-0.15, -0.1) is 0 Å². The highest BCUT2D eigenvalue weighted by atomic mass is 32.2. The first-order valence-electron chi connectivity index (χ1n) is 8.18. The van der Waals surface area contributed by atoms with Gasteiger partial charge < -0.3 is 15.6 Å². The van der Waals surface area contributed by atoms with Gasteiger partial charge in [0, 0.05) is 16.9 Å². The lowest BCUT2D eigenvalue weighted by Gasteiger charge is -2.12. The van der Waals surface area contributed by atoms with Gasteiger partial charge in [0.05, 0.1) is 6.04 Å². The molecule has 1 amide bonds. The number of carbonyl (C=O) groups excluding carboxylic acids is 1. The maximum Gasteiger partial charge on any atom is 0.240 e. The second-order valence-corrected chi connectivity index (χ2v) is 7.30. The molecule has 0 bridgehead atoms. The first kappa shape index (κ1) is 18.5. The Balaban J connectivity index is 2.09. The van der Waals surface area contributed by atoms with Gasteiger partial charge in [-0.1, -0.05) is 25.5 Å². The van der Waals surface area contributed by atoms with Crippen molar-refractivity contribution in [3.63, 3.8) is 0 Å². The molecule has 2 unspecified atom stereocenters. The fraction of sp³-hybridized carbons (Fsp3) is 0.316. The Morgan fingerprint density at radius 2 is 1.92 bits per heavy atom. The number of carbonyl (C=O) groups is 1. The normalized spacial score (nSPS) is 13.3. The first-order valence-corrected chi connectivity index (χ1v) is 9.33. The summed E-state index contributed by atoms with van der Waals surface area (Å²) in [7, 11) is 0. The topological polar surface area (TPSA) is 78.2 Å². The van der Waals surface area contributed by atoms with E-state index in [-0.39, 0.29) is 5.91 Å². The van der Waals surface area contributed by atoms with Gasteiger partial charge in [0.2, 0.25) is 5.91 Å². The maximum atomic E-state index is 12.7. The van der Waals surface area contributed by atoms with Crippen molar-refractivity contribution in [3.05, 3.63) is 54.1 Å². The van der Waals surface area contributed by atoms with Crippen LogP contribution in [-0.4, -0.2) is 16.5 Å². The molecule has 5 heteroatoms. The number of aryl methyl sites for hydroxylation is 1. The molecule has 3 N–H and O–H groups in total. The number of nitrogens with one attached hydrogen (secondary N) is 1. The Hall–Kier alpha value is -1.82. The van der Waals surface area contributed by atoms with Crippen molar-refractivity contribution in [1.29, 1.82) is 0 Å². The summed E-state index contributed by atoms with van der Waals surface area (Å²) in [4.78, 5) is 13.1. The molecule has 0 aromatic heterocycles. The molecule has 2 aromatic rings. The third kappa shape index (κ3) is 5.09. The maximum absolute atomic E-state index is 12.7. The van der Waals surface area contributed by atoms with Crippen LogP contribution in [0, 0.1) is 0 Å². The standard InChI is InChI=1S/C19H24N2O2S/c1-3-4-6-15-7-5-8-18(13-15)24(23)17-11-9-16(10-12-17)21-19(22)14(2)20/h5,7-14H,3-4,6,20H2,1-2H3,(H,21,22). The summed E-state index contributed by atoms with van der Waals surface area (Å²) in [5.41, 5.74) is 7.39. The van der Waals surface area contributed by atoms with Crippen molar-refractivity contribution in [3.8, 4) is 0 Å². The molecule has 0 aliphatic heterocycles. The molecule has 2 aromatic carbocycles. The number of hydrogen-bond donors (Lipinski definition) is 2. The average Bonchev–Trinajstić information content (AvgIpc) is 2.60. The van der Waals surface area contributed by atoms with E-state index in [1.165, 1.54) is 5.56 Å². The summed E-state index contributed by atoms with van der Waals surface area (Å²) < 4.78 is 12.7. The second kappa shape index (κ2) is 8.87. The summed E-state index contributed by atoms with van der Waals surface area (Å²) in [6.07, 6.45) is 3.27. The summed E-state index contributed by atoms with van der Waals surface area (Å²) in [6.45, 7) is 3.79. The van der Waals surface area contributed by atoms with Gasteiger partial charge in [0.1, 0.15) is 0 Å². The summed E-state index contributed by atoms with van der Waals surface area (Å²) in [5.74, 6) is -0.243. The van der Waals surface area contributed by atoms with Crippen molar-refractivity contribution in [1.82, 2.24) is 0 Å². The van der Waals surface area contributed by atoms with E-state index in [4.69, 9.17) is 5.73 Å². The van der Waals surface area contributed by atoms with E-state index in [0.29, 0.717) is 10.6 Å². The van der Waals surface area contributed by atoms with Gasteiger partial charge >= 0.3 is 0 Å². The molecule has 0 radical (unpaired) electrons. The smallest absolute Gasteiger partial charge is 0.240 e. The van der Waals surface area contributed by atoms with E-state index < -0.39 is 17.2 Å². The molecule has 24 heavy (non-hydrogen) atoms. The molecule has 0 saturated heterocycles. The molecule has 2 atom stereocenters. The molecule has 0 aliphatic rings. The second-order valence-electron chi connectivity index (χ2n) is 5.82. The molecule has 0 saturated carbocycles. The fourth-order valence-electron chi connectivity index (χ4n) is 2.25. The van der Waals surface area contributed by atoms with E-state index in [2.05, 4.69) is 18.3 Å². The van der Waals surface area contributed by atoms with Crippen LogP contribution in [0.4, 0.5) is 5.69 Å². The monoisotopic (exact) mass is 344 g/mol. The van der Waals surface area contributed by atoms with Crippen LogP contribution in [0.1, 0.15) is 32.3 Å². The third-order valence-corrected chi connectivity index (χ3v) is 5.06. The van der Waals surface area contributed by atoms with E-state index in [1.807, 2.05) is 18.2 Å². The van der Waals surface area contributed by atoms with Crippen molar-refractivity contribution in [2.45, 2.75) is 48.9 Å². The van der Waals surface area contributed by atoms with Gasteiger partial charge in [-0.3, -0.25) is 4.79 Å². The fourth-order valence-corrected chi connectivity index (χ4v) is 3.37. The highest BCUT2D eigenvalue weighted by Crippen LogP contribution is 2.23. The van der Waals surface area contributed by atoms with Crippen LogP contribution in [0.3, 0.4) is 0 Å². The Bertz CT molecular complexity index is 671. The first-order chi connectivity index (χ1) is 11.5. The Morgan fingerprint density at radius 3 is 2.54 bits per heavy atom. The molecule has 0 fully saturated rings. The van der Waals surface area contributed by atoms with Crippen LogP contribution in [0.2, 0.25) is 0 Å². The summed E-state index contributed by atoms with van der Waals surface area (Å²) in [6, 6.07) is 14.4. The highest BCUT2D eigenvalue weighted by Gasteiger charge is 2.15. The number of anilines is 1. The van der Waals surface area contributed by atoms with E-state index in [0.717, 1.165) is 24.2 Å². The van der Waals surface area contributed by atoms with E-state index >= 15 is 0 Å². The predicted molar refractivity (Wildman–Crippen MR) is 98.4 cm³/mol. The van der Waals surface area contributed by atoms with Crippen LogP contribution < -0.4 is 11.1 Å². The Morgan fingerprint density at radius 1 is 1.21 bits per heavy atom. The van der Waals surface area contributed by atoms with E-state index in [1.54, 1.807) is 31.2 Å². The average molecular weight is 344 g/mol. The Labute approximate surface area is 146 Å². The quantitative estimate of drug-likeness (QED) is 0.755. The summed E-state index contributed by atoms with van der Waals surface area (Å²) >= 11 is -1.23. The molecule has 128 valence electrons. The third-order valence-electron chi connectivity index (χ3n) is 3.68. The molecular weight excluding hydrogens is 320 g/mol. The number of benzene rings is 2. The lowest BCUT2D eigenvalue weighted by atomic mass is 10.1. The van der Waals surface area contributed by atoms with Gasteiger partial charge in [0.25, 0.3) is 0 Å². The molecule has 0 heterocycles. The zero-order valence-electron chi connectivity index (χ0n) is 14.1. The van der Waals surface area contributed by atoms with Crippen LogP contribution in [0.25, 0.3) is 0 Å². The van der Waals surface area contributed by atoms with Crippen molar-refractivity contribution in [2.24, 2.45) is 5.73 Å². The number of nitrogens with two attached hydrogens (primary N) is 1. The minimum Gasteiger partial charge on any atom is -0.606 e. The minimum absolute atomic E-state index is 0.243. The largest absolute Gasteiger partial charge is 0.606 e. The molecule has 0 aliphatic carbocycles. The Kier molecular flexibility index (Phi) is 6.85. The zero-order chi connectivity index (χ0) is 17.5.